The third-order valence-corrected chi connectivity index (χ3v) is 7.55. The standard InChI is InChI=1S/C29H32ClFN6O3S/c1-4-7-27(39-18(3)8-6-9-20(30)5-2)33-12-13-37-29(32)22(17-34-37)28(38)25-14-19-15-26(40-31)24(16-23(19)35-25)36-41-21-10-11-21/h4,6-9,12-18,21,35-36H,5,10-11,32H2,1-3H3/b7-4+,8-6-,13-12+,20-9+,33-27+. The molecule has 4 N–H and O–H groups in total. The molecule has 3 aromatic rings. The fourth-order valence-electron chi connectivity index (χ4n) is 3.66. The largest absolute Gasteiger partial charge is 0.470 e. The van der Waals surface area contributed by atoms with E-state index in [9.17, 15) is 9.32 Å². The second-order valence-corrected chi connectivity index (χ2v) is 10.9. The summed E-state index contributed by atoms with van der Waals surface area (Å²) < 4.78 is 23.5. The van der Waals surface area contributed by atoms with Crippen LogP contribution in [0.4, 0.5) is 16.0 Å². The zero-order valence-corrected chi connectivity index (χ0v) is 24.5. The van der Waals surface area contributed by atoms with Crippen molar-refractivity contribution in [2.24, 2.45) is 4.99 Å². The summed E-state index contributed by atoms with van der Waals surface area (Å²) in [6.07, 6.45) is 16.2. The van der Waals surface area contributed by atoms with E-state index in [1.807, 2.05) is 45.1 Å². The number of allylic oxidation sites excluding steroid dienone is 4. The highest BCUT2D eigenvalue weighted by Crippen LogP contribution is 2.38. The van der Waals surface area contributed by atoms with Crippen molar-refractivity contribution in [3.63, 3.8) is 0 Å². The van der Waals surface area contributed by atoms with Crippen molar-refractivity contribution in [1.82, 2.24) is 14.8 Å². The number of H-pyrrole nitrogens is 1. The van der Waals surface area contributed by atoms with Crippen LogP contribution < -0.4 is 15.4 Å². The van der Waals surface area contributed by atoms with Crippen LogP contribution in [-0.4, -0.2) is 37.8 Å². The number of aromatic amines is 1. The van der Waals surface area contributed by atoms with Crippen LogP contribution in [0.15, 0.2) is 71.0 Å². The molecule has 0 amide bonds. The van der Waals surface area contributed by atoms with Gasteiger partial charge in [-0.25, -0.2) is 9.67 Å². The van der Waals surface area contributed by atoms with Crippen LogP contribution in [0.1, 0.15) is 56.1 Å². The summed E-state index contributed by atoms with van der Waals surface area (Å²) in [5.41, 5.74) is 7.87. The quantitative estimate of drug-likeness (QED) is 0.0610. The number of hydrogen-bond donors (Lipinski definition) is 3. The smallest absolute Gasteiger partial charge is 0.214 e. The number of ether oxygens (including phenoxy) is 1. The molecule has 1 aliphatic carbocycles. The SMILES string of the molecule is C/C=C/C(=N\C=C\n1ncc(C(=O)c2cc3cc(OF)c(NSC4CC4)cc3[nH]2)c1N)OC(C)/C=C\C=C(\Cl)CC. The first kappa shape index (κ1) is 30.0. The lowest BCUT2D eigenvalue weighted by Crippen LogP contribution is -2.10. The lowest BCUT2D eigenvalue weighted by molar-refractivity contribution is -0.00504. The molecule has 1 saturated carbocycles. The van der Waals surface area contributed by atoms with Crippen molar-refractivity contribution in [2.75, 3.05) is 10.5 Å². The minimum absolute atomic E-state index is 0.0473. The van der Waals surface area contributed by atoms with Crippen molar-refractivity contribution in [3.05, 3.63) is 77.3 Å². The lowest BCUT2D eigenvalue weighted by Gasteiger charge is -2.09. The van der Waals surface area contributed by atoms with Gasteiger partial charge in [-0.2, -0.15) is 5.10 Å². The summed E-state index contributed by atoms with van der Waals surface area (Å²) in [5.74, 6) is 0.210. The van der Waals surface area contributed by atoms with Gasteiger partial charge in [-0.3, -0.25) is 9.74 Å². The molecule has 2 heterocycles. The van der Waals surface area contributed by atoms with Gasteiger partial charge in [0.05, 0.1) is 23.1 Å². The number of carbonyl (C=O) groups excluding carboxylic acids is 1. The molecule has 0 radical (unpaired) electrons. The first-order chi connectivity index (χ1) is 19.8. The number of nitrogens with zero attached hydrogens (tertiary/aromatic N) is 3. The number of aliphatic imine (C=N–C) groups is 1. The zero-order chi connectivity index (χ0) is 29.4. The molecule has 12 heteroatoms. The summed E-state index contributed by atoms with van der Waals surface area (Å²) in [5, 5.41) is 6.09. The molecule has 1 fully saturated rings. The number of benzene rings is 1. The number of halogens is 2. The zero-order valence-electron chi connectivity index (χ0n) is 22.9. The Bertz CT molecular complexity index is 1540. The van der Waals surface area contributed by atoms with Crippen molar-refractivity contribution in [1.29, 1.82) is 0 Å². The molecular weight excluding hydrogens is 567 g/mol. The maximum Gasteiger partial charge on any atom is 0.214 e. The van der Waals surface area contributed by atoms with E-state index in [1.54, 1.807) is 18.2 Å². The topological polar surface area (TPSA) is 120 Å². The van der Waals surface area contributed by atoms with Crippen LogP contribution >= 0.6 is 23.5 Å². The predicted octanol–water partition coefficient (Wildman–Crippen LogP) is 7.56. The minimum Gasteiger partial charge on any atom is -0.470 e. The number of carbonyl (C=O) groups is 1. The van der Waals surface area contributed by atoms with Crippen molar-refractivity contribution < 1.29 is 19.0 Å². The first-order valence-corrected chi connectivity index (χ1v) is 14.4. The Labute approximate surface area is 247 Å². The number of aromatic nitrogens is 3. The van der Waals surface area contributed by atoms with Crippen LogP contribution in [0.5, 0.6) is 5.75 Å². The average molecular weight is 599 g/mol. The number of nitrogens with one attached hydrogen (secondary N) is 2. The Kier molecular flexibility index (Phi) is 10.3. The van der Waals surface area contributed by atoms with Crippen molar-refractivity contribution in [3.8, 4) is 5.75 Å². The third-order valence-electron chi connectivity index (χ3n) is 6.01. The van der Waals surface area contributed by atoms with Gasteiger partial charge in [0.15, 0.2) is 5.75 Å². The fraction of sp³-hybridized carbons (Fsp3) is 0.276. The molecular formula is C29H32ClFN6O3S. The van der Waals surface area contributed by atoms with Gasteiger partial charge in [0.2, 0.25) is 11.7 Å². The molecule has 2 aromatic heterocycles. The van der Waals surface area contributed by atoms with Gasteiger partial charge in [-0.1, -0.05) is 30.7 Å². The number of rotatable bonds is 13. The summed E-state index contributed by atoms with van der Waals surface area (Å²) in [7, 11) is 0. The molecule has 4 rings (SSSR count). The Morgan fingerprint density at radius 2 is 2.22 bits per heavy atom. The van der Waals surface area contributed by atoms with E-state index in [-0.39, 0.29) is 34.7 Å². The number of fused-ring (bicyclic) bond motifs is 1. The molecule has 216 valence electrons. The molecule has 0 saturated heterocycles. The van der Waals surface area contributed by atoms with Crippen LogP contribution in [0.25, 0.3) is 17.1 Å². The van der Waals surface area contributed by atoms with E-state index >= 15 is 0 Å². The number of hydrogen-bond acceptors (Lipinski definition) is 8. The van der Waals surface area contributed by atoms with E-state index in [2.05, 4.69) is 24.7 Å². The molecule has 0 bridgehead atoms. The summed E-state index contributed by atoms with van der Waals surface area (Å²) in [6, 6.07) is 4.86. The minimum atomic E-state index is -0.359. The molecule has 41 heavy (non-hydrogen) atoms. The molecule has 9 nitrogen and oxygen atoms in total. The van der Waals surface area contributed by atoms with Gasteiger partial charge in [0.25, 0.3) is 0 Å². The Morgan fingerprint density at radius 3 is 2.93 bits per heavy atom. The summed E-state index contributed by atoms with van der Waals surface area (Å²) >= 11 is 7.54. The van der Waals surface area contributed by atoms with Gasteiger partial charge in [0, 0.05) is 38.1 Å². The second kappa shape index (κ2) is 14.1. The first-order valence-electron chi connectivity index (χ1n) is 13.1. The highest BCUT2D eigenvalue weighted by atomic mass is 35.5. The lowest BCUT2D eigenvalue weighted by atomic mass is 10.1. The van der Waals surface area contributed by atoms with Crippen molar-refractivity contribution in [2.45, 2.75) is 51.4 Å². The summed E-state index contributed by atoms with van der Waals surface area (Å²) in [6.45, 7) is 5.72. The number of nitrogens with two attached hydrogens (primary N) is 1. The second-order valence-electron chi connectivity index (χ2n) is 9.27. The van der Waals surface area contributed by atoms with Gasteiger partial charge in [0.1, 0.15) is 11.9 Å². The maximum absolute atomic E-state index is 13.3. The molecule has 1 unspecified atom stereocenters. The number of anilines is 2. The molecule has 0 spiro atoms. The molecule has 1 aliphatic rings. The van der Waals surface area contributed by atoms with E-state index < -0.39 is 0 Å². The number of nitrogen functional groups attached to an aromatic ring is 1. The average Bonchev–Trinajstić information content (AvgIpc) is 3.59. The Balaban J connectivity index is 1.47. The maximum atomic E-state index is 13.3. The van der Waals surface area contributed by atoms with Crippen molar-refractivity contribution >= 4 is 63.8 Å². The number of ketones is 1. The van der Waals surface area contributed by atoms with E-state index in [0.717, 1.165) is 24.3 Å². The van der Waals surface area contributed by atoms with Crippen LogP contribution in [0.3, 0.4) is 0 Å². The molecule has 0 aliphatic heterocycles. The van der Waals surface area contributed by atoms with E-state index in [0.29, 0.717) is 27.7 Å². The van der Waals surface area contributed by atoms with E-state index in [4.69, 9.17) is 22.1 Å². The van der Waals surface area contributed by atoms with Gasteiger partial charge in [-0.05, 0) is 81.5 Å². The monoisotopic (exact) mass is 598 g/mol. The third kappa shape index (κ3) is 8.05. The van der Waals surface area contributed by atoms with Gasteiger partial charge < -0.3 is 20.2 Å². The fourth-order valence-corrected chi connectivity index (χ4v) is 4.56. The van der Waals surface area contributed by atoms with Crippen LogP contribution in [0.2, 0.25) is 0 Å². The van der Waals surface area contributed by atoms with Crippen LogP contribution in [-0.2, 0) is 4.74 Å². The normalized spacial score (nSPS) is 15.4. The molecule has 1 aromatic carbocycles. The predicted molar refractivity (Wildman–Crippen MR) is 166 cm³/mol. The molecule has 1 atom stereocenters. The van der Waals surface area contributed by atoms with Gasteiger partial charge in [-0.15, -0.1) is 0 Å². The van der Waals surface area contributed by atoms with Crippen LogP contribution in [0, 0.1) is 0 Å². The van der Waals surface area contributed by atoms with Gasteiger partial charge >= 0.3 is 0 Å². The summed E-state index contributed by atoms with van der Waals surface area (Å²) in [4.78, 5) is 24.7. The Hall–Kier alpha value is -3.96. The van der Waals surface area contributed by atoms with E-state index in [1.165, 1.54) is 41.3 Å². The highest BCUT2D eigenvalue weighted by Gasteiger charge is 2.23. The highest BCUT2D eigenvalue weighted by molar-refractivity contribution is 8.01. The Morgan fingerprint density at radius 1 is 1.41 bits per heavy atom.